The normalized spacial score (nSPS) is 14.0. The highest BCUT2D eigenvalue weighted by Gasteiger charge is 2.24. The van der Waals surface area contributed by atoms with Crippen molar-refractivity contribution in [1.82, 2.24) is 25.8 Å². The Morgan fingerprint density at radius 3 is 2.44 bits per heavy atom. The van der Waals surface area contributed by atoms with Crippen molar-refractivity contribution in [2.75, 3.05) is 0 Å². The lowest BCUT2D eigenvalue weighted by atomic mass is 10.1. The van der Waals surface area contributed by atoms with Gasteiger partial charge in [-0.1, -0.05) is 13.8 Å². The summed E-state index contributed by atoms with van der Waals surface area (Å²) in [6.45, 7) is 5.16. The highest BCUT2D eigenvalue weighted by Crippen LogP contribution is 2.05. The van der Waals surface area contributed by atoms with Gasteiger partial charge in [0.2, 0.25) is 0 Å². The molecule has 1 rings (SSSR count). The highest BCUT2D eigenvalue weighted by molar-refractivity contribution is 5.82. The smallest absolute Gasteiger partial charge is 0.326 e. The van der Waals surface area contributed by atoms with Crippen molar-refractivity contribution in [3.63, 3.8) is 0 Å². The first-order chi connectivity index (χ1) is 8.41. The second-order valence-corrected chi connectivity index (χ2v) is 4.27. The zero-order valence-corrected chi connectivity index (χ0v) is 10.5. The van der Waals surface area contributed by atoms with E-state index >= 15 is 0 Å². The molecule has 1 heterocycles. The van der Waals surface area contributed by atoms with Gasteiger partial charge in [0.15, 0.2) is 0 Å². The quantitative estimate of drug-likeness (QED) is 0.602. The van der Waals surface area contributed by atoms with Gasteiger partial charge in [-0.05, 0) is 12.8 Å². The van der Waals surface area contributed by atoms with Crippen molar-refractivity contribution < 1.29 is 14.7 Å². The van der Waals surface area contributed by atoms with E-state index in [1.54, 1.807) is 20.8 Å². The van der Waals surface area contributed by atoms with E-state index < -0.39 is 18.0 Å². The predicted octanol–water partition coefficient (Wildman–Crippen LogP) is 0.274. The molecule has 1 unspecified atom stereocenters. The topological polar surface area (TPSA) is 120 Å². The molecule has 0 saturated heterocycles. The first-order valence-corrected chi connectivity index (χ1v) is 5.57. The molecule has 8 heteroatoms. The molecule has 8 nitrogen and oxygen atoms in total. The van der Waals surface area contributed by atoms with Gasteiger partial charge in [0.1, 0.15) is 18.2 Å². The third kappa shape index (κ3) is 3.72. The minimum absolute atomic E-state index is 0.200. The van der Waals surface area contributed by atoms with Crippen molar-refractivity contribution in [3.05, 3.63) is 12.2 Å². The molecular weight excluding hydrogens is 238 g/mol. The van der Waals surface area contributed by atoms with Gasteiger partial charge in [-0.25, -0.2) is 14.6 Å². The van der Waals surface area contributed by atoms with Gasteiger partial charge in [0, 0.05) is 0 Å². The van der Waals surface area contributed by atoms with Crippen LogP contribution in [0, 0.1) is 5.92 Å². The van der Waals surface area contributed by atoms with Gasteiger partial charge in [-0.2, -0.15) is 5.10 Å². The molecule has 100 valence electrons. The van der Waals surface area contributed by atoms with Crippen LogP contribution in [0.2, 0.25) is 0 Å². The molecule has 1 aromatic heterocycles. The summed E-state index contributed by atoms with van der Waals surface area (Å²) in [6.07, 6.45) is 1.33. The summed E-state index contributed by atoms with van der Waals surface area (Å²) in [5, 5.41) is 20.2. The third-order valence-electron chi connectivity index (χ3n) is 2.41. The maximum Gasteiger partial charge on any atom is 0.326 e. The van der Waals surface area contributed by atoms with Crippen LogP contribution in [-0.4, -0.2) is 38.3 Å². The van der Waals surface area contributed by atoms with Crippen LogP contribution in [0.15, 0.2) is 6.33 Å². The maximum atomic E-state index is 11.6. The number of aromatic amines is 1. The van der Waals surface area contributed by atoms with Crippen LogP contribution in [0.25, 0.3) is 0 Å². The SMILES string of the molecule is CC(NC(=O)N[C@@H](C(=O)O)C(C)C)c1ncn[nH]1. The van der Waals surface area contributed by atoms with Crippen LogP contribution in [-0.2, 0) is 4.79 Å². The average molecular weight is 255 g/mol. The Balaban J connectivity index is 2.53. The zero-order chi connectivity index (χ0) is 13.7. The van der Waals surface area contributed by atoms with Crippen molar-refractivity contribution in [1.29, 1.82) is 0 Å². The number of aliphatic carboxylic acids is 1. The van der Waals surface area contributed by atoms with E-state index in [0.717, 1.165) is 0 Å². The van der Waals surface area contributed by atoms with E-state index in [9.17, 15) is 9.59 Å². The lowest BCUT2D eigenvalue weighted by Gasteiger charge is -2.19. The monoisotopic (exact) mass is 255 g/mol. The molecule has 0 aliphatic rings. The molecule has 0 bridgehead atoms. The number of urea groups is 1. The molecule has 0 fully saturated rings. The summed E-state index contributed by atoms with van der Waals surface area (Å²) in [6, 6.07) is -1.86. The first kappa shape index (κ1) is 13.9. The number of nitrogens with zero attached hydrogens (tertiary/aromatic N) is 2. The molecule has 2 atom stereocenters. The molecule has 0 spiro atoms. The summed E-state index contributed by atoms with van der Waals surface area (Å²) < 4.78 is 0. The molecule has 18 heavy (non-hydrogen) atoms. The largest absolute Gasteiger partial charge is 0.480 e. The summed E-state index contributed by atoms with van der Waals surface area (Å²) >= 11 is 0. The Bertz CT molecular complexity index is 404. The number of aromatic nitrogens is 3. The summed E-state index contributed by atoms with van der Waals surface area (Å²) in [4.78, 5) is 26.4. The molecule has 2 amide bonds. The fourth-order valence-electron chi connectivity index (χ4n) is 1.39. The van der Waals surface area contributed by atoms with Gasteiger partial charge in [-0.15, -0.1) is 0 Å². The summed E-state index contributed by atoms with van der Waals surface area (Å²) in [7, 11) is 0. The van der Waals surface area contributed by atoms with Gasteiger partial charge < -0.3 is 15.7 Å². The Hall–Kier alpha value is -2.12. The van der Waals surface area contributed by atoms with E-state index in [4.69, 9.17) is 5.11 Å². The van der Waals surface area contributed by atoms with Crippen molar-refractivity contribution >= 4 is 12.0 Å². The van der Waals surface area contributed by atoms with Gasteiger partial charge in [0.25, 0.3) is 0 Å². The van der Waals surface area contributed by atoms with Crippen LogP contribution in [0.4, 0.5) is 4.79 Å². The number of rotatable bonds is 5. The first-order valence-electron chi connectivity index (χ1n) is 5.57. The number of amides is 2. The second kappa shape index (κ2) is 5.99. The molecular formula is C10H17N5O3. The zero-order valence-electron chi connectivity index (χ0n) is 10.5. The van der Waals surface area contributed by atoms with E-state index in [1.807, 2.05) is 0 Å². The number of carboxylic acids is 1. The minimum Gasteiger partial charge on any atom is -0.480 e. The molecule has 1 aromatic rings. The number of hydrogen-bond donors (Lipinski definition) is 4. The molecule has 4 N–H and O–H groups in total. The number of H-pyrrole nitrogens is 1. The predicted molar refractivity (Wildman–Crippen MR) is 62.7 cm³/mol. The van der Waals surface area contributed by atoms with Crippen LogP contribution in [0.3, 0.4) is 0 Å². The van der Waals surface area contributed by atoms with Crippen molar-refractivity contribution in [2.45, 2.75) is 32.9 Å². The fourth-order valence-corrected chi connectivity index (χ4v) is 1.39. The number of hydrogen-bond acceptors (Lipinski definition) is 4. The fraction of sp³-hybridized carbons (Fsp3) is 0.600. The Morgan fingerprint density at radius 2 is 2.00 bits per heavy atom. The maximum absolute atomic E-state index is 11.6. The molecule has 0 aliphatic heterocycles. The molecule has 0 saturated carbocycles. The highest BCUT2D eigenvalue weighted by atomic mass is 16.4. The van der Waals surface area contributed by atoms with Crippen LogP contribution in [0.1, 0.15) is 32.6 Å². The Kier molecular flexibility index (Phi) is 4.64. The Labute approximate surface area is 104 Å². The van der Waals surface area contributed by atoms with Crippen molar-refractivity contribution in [2.24, 2.45) is 5.92 Å². The van der Waals surface area contributed by atoms with E-state index in [1.165, 1.54) is 6.33 Å². The lowest BCUT2D eigenvalue weighted by Crippen LogP contribution is -2.49. The van der Waals surface area contributed by atoms with Crippen LogP contribution in [0.5, 0.6) is 0 Å². The third-order valence-corrected chi connectivity index (χ3v) is 2.41. The molecule has 0 aliphatic carbocycles. The minimum atomic E-state index is -1.06. The molecule has 0 radical (unpaired) electrons. The van der Waals surface area contributed by atoms with Crippen LogP contribution >= 0.6 is 0 Å². The number of nitrogens with one attached hydrogen (secondary N) is 3. The van der Waals surface area contributed by atoms with Crippen LogP contribution < -0.4 is 10.6 Å². The number of carbonyl (C=O) groups excluding carboxylic acids is 1. The average Bonchev–Trinajstić information content (AvgIpc) is 2.78. The summed E-state index contributed by atoms with van der Waals surface area (Å²) in [5.74, 6) is -0.761. The second-order valence-electron chi connectivity index (χ2n) is 4.27. The van der Waals surface area contributed by atoms with E-state index in [2.05, 4.69) is 25.8 Å². The van der Waals surface area contributed by atoms with Crippen molar-refractivity contribution in [3.8, 4) is 0 Å². The summed E-state index contributed by atoms with van der Waals surface area (Å²) in [5.41, 5.74) is 0. The van der Waals surface area contributed by atoms with Gasteiger partial charge in [-0.3, -0.25) is 5.10 Å². The lowest BCUT2D eigenvalue weighted by molar-refractivity contribution is -0.140. The standard InChI is InChI=1S/C10H17N5O3/c1-5(2)7(9(16)17)14-10(18)13-6(3)8-11-4-12-15-8/h4-7H,1-3H3,(H,16,17)(H,11,12,15)(H2,13,14,18)/t6?,7-/m1/s1. The number of carbonyl (C=O) groups is 2. The molecule has 0 aromatic carbocycles. The van der Waals surface area contributed by atoms with Gasteiger partial charge >= 0.3 is 12.0 Å². The Morgan fingerprint density at radius 1 is 1.33 bits per heavy atom. The van der Waals surface area contributed by atoms with E-state index in [-0.39, 0.29) is 12.0 Å². The van der Waals surface area contributed by atoms with Gasteiger partial charge in [0.05, 0.1) is 6.04 Å². The number of carboxylic acid groups (broad SMARTS) is 1. The van der Waals surface area contributed by atoms with E-state index in [0.29, 0.717) is 5.82 Å².